The summed E-state index contributed by atoms with van der Waals surface area (Å²) in [7, 11) is 0. The number of nitrogens with zero attached hydrogens (tertiary/aromatic N) is 2. The van der Waals surface area contributed by atoms with Crippen molar-refractivity contribution in [1.29, 1.82) is 0 Å². The number of hydrogen-bond donors (Lipinski definition) is 1. The Morgan fingerprint density at radius 2 is 2.37 bits per heavy atom. The van der Waals surface area contributed by atoms with Crippen LogP contribution in [-0.4, -0.2) is 40.5 Å². The lowest BCUT2D eigenvalue weighted by Gasteiger charge is -2.30. The fourth-order valence-electron chi connectivity index (χ4n) is 2.19. The van der Waals surface area contributed by atoms with E-state index in [1.807, 2.05) is 23.9 Å². The minimum atomic E-state index is 0.703. The first-order valence-electron chi connectivity index (χ1n) is 6.92. The van der Waals surface area contributed by atoms with Crippen molar-refractivity contribution in [3.63, 3.8) is 0 Å². The van der Waals surface area contributed by atoms with Gasteiger partial charge in [-0.15, -0.1) is 0 Å². The Bertz CT molecular complexity index is 414. The molecule has 1 aliphatic rings. The highest BCUT2D eigenvalue weighted by atomic mass is 35.5. The number of aromatic nitrogens is 1. The second-order valence-corrected chi connectivity index (χ2v) is 6.92. The molecule has 106 valence electrons. The molecule has 0 amide bonds. The summed E-state index contributed by atoms with van der Waals surface area (Å²) in [6.45, 7) is 8.48. The van der Waals surface area contributed by atoms with Crippen molar-refractivity contribution < 1.29 is 0 Å². The maximum Gasteiger partial charge on any atom is 0.126 e. The van der Waals surface area contributed by atoms with E-state index in [9.17, 15) is 0 Å². The molecule has 1 saturated heterocycles. The summed E-state index contributed by atoms with van der Waals surface area (Å²) in [5.74, 6) is 2.13. The van der Waals surface area contributed by atoms with Gasteiger partial charge in [0, 0.05) is 37.2 Å². The largest absolute Gasteiger partial charge is 0.370 e. The quantitative estimate of drug-likeness (QED) is 0.901. The van der Waals surface area contributed by atoms with Crippen LogP contribution in [0.15, 0.2) is 12.1 Å². The van der Waals surface area contributed by atoms with E-state index in [1.165, 1.54) is 5.75 Å². The number of rotatable bonds is 5. The molecule has 1 unspecified atom stereocenters. The van der Waals surface area contributed by atoms with Crippen molar-refractivity contribution in [2.45, 2.75) is 32.1 Å². The zero-order chi connectivity index (χ0) is 13.7. The van der Waals surface area contributed by atoms with Crippen LogP contribution >= 0.6 is 23.4 Å². The Labute approximate surface area is 125 Å². The van der Waals surface area contributed by atoms with E-state index in [0.29, 0.717) is 5.25 Å². The number of hydrogen-bond acceptors (Lipinski definition) is 4. The van der Waals surface area contributed by atoms with Gasteiger partial charge >= 0.3 is 0 Å². The summed E-state index contributed by atoms with van der Waals surface area (Å²) in [6, 6.07) is 3.90. The molecule has 2 rings (SSSR count). The fraction of sp³-hybridized carbons (Fsp3) is 0.643. The van der Waals surface area contributed by atoms with Crippen LogP contribution in [-0.2, 0) is 6.54 Å². The monoisotopic (exact) mass is 299 g/mol. The highest BCUT2D eigenvalue weighted by Crippen LogP contribution is 2.22. The Balaban J connectivity index is 2.01. The maximum atomic E-state index is 6.26. The van der Waals surface area contributed by atoms with Crippen LogP contribution in [0.5, 0.6) is 0 Å². The van der Waals surface area contributed by atoms with Crippen molar-refractivity contribution in [3.05, 3.63) is 22.8 Å². The summed E-state index contributed by atoms with van der Waals surface area (Å²) in [5, 5.41) is 4.79. The van der Waals surface area contributed by atoms with Crippen molar-refractivity contribution >= 4 is 29.2 Å². The smallest absolute Gasteiger partial charge is 0.126 e. The Hall–Kier alpha value is -0.450. The molecule has 0 bridgehead atoms. The normalized spacial score (nSPS) is 20.5. The van der Waals surface area contributed by atoms with Gasteiger partial charge in [0.15, 0.2) is 0 Å². The molecular weight excluding hydrogens is 278 g/mol. The summed E-state index contributed by atoms with van der Waals surface area (Å²) in [6.07, 6.45) is 1.10. The molecule has 1 aromatic heterocycles. The van der Waals surface area contributed by atoms with Gasteiger partial charge < -0.3 is 5.32 Å². The molecule has 1 fully saturated rings. The molecule has 1 aromatic rings. The molecule has 1 N–H and O–H groups in total. The van der Waals surface area contributed by atoms with E-state index < -0.39 is 0 Å². The average molecular weight is 300 g/mol. The van der Waals surface area contributed by atoms with Crippen molar-refractivity contribution in [2.24, 2.45) is 0 Å². The van der Waals surface area contributed by atoms with Crippen LogP contribution in [0.1, 0.15) is 26.0 Å². The zero-order valence-electron chi connectivity index (χ0n) is 11.7. The lowest BCUT2D eigenvalue weighted by atomic mass is 10.3. The molecule has 0 spiro atoms. The molecule has 0 saturated carbocycles. The van der Waals surface area contributed by atoms with E-state index >= 15 is 0 Å². The minimum absolute atomic E-state index is 0.703. The first-order valence-corrected chi connectivity index (χ1v) is 8.35. The molecule has 19 heavy (non-hydrogen) atoms. The second kappa shape index (κ2) is 7.36. The van der Waals surface area contributed by atoms with Crippen LogP contribution in [0.2, 0.25) is 5.02 Å². The van der Waals surface area contributed by atoms with Crippen LogP contribution in [0.25, 0.3) is 0 Å². The van der Waals surface area contributed by atoms with Crippen molar-refractivity contribution in [3.8, 4) is 0 Å². The van der Waals surface area contributed by atoms with Gasteiger partial charge in [-0.2, -0.15) is 11.8 Å². The second-order valence-electron chi connectivity index (χ2n) is 4.97. The summed E-state index contributed by atoms with van der Waals surface area (Å²) in [4.78, 5) is 7.08. The SMILES string of the molecule is CCCNc1ccc(Cl)c(CN2CCSC(C)C2)n1. The van der Waals surface area contributed by atoms with Gasteiger partial charge in [-0.05, 0) is 18.6 Å². The van der Waals surface area contributed by atoms with Gasteiger partial charge in [0.05, 0.1) is 10.7 Å². The van der Waals surface area contributed by atoms with Crippen molar-refractivity contribution in [2.75, 3.05) is 30.7 Å². The number of nitrogens with one attached hydrogen (secondary N) is 1. The van der Waals surface area contributed by atoms with E-state index in [0.717, 1.165) is 49.1 Å². The molecular formula is C14H22ClN3S. The summed E-state index contributed by atoms with van der Waals surface area (Å²) >= 11 is 8.31. The van der Waals surface area contributed by atoms with Crippen LogP contribution in [0, 0.1) is 0 Å². The van der Waals surface area contributed by atoms with Gasteiger partial charge in [0.2, 0.25) is 0 Å². The van der Waals surface area contributed by atoms with Gasteiger partial charge in [0.25, 0.3) is 0 Å². The van der Waals surface area contributed by atoms with Crippen LogP contribution < -0.4 is 5.32 Å². The summed E-state index contributed by atoms with van der Waals surface area (Å²) < 4.78 is 0. The molecule has 0 radical (unpaired) electrons. The highest BCUT2D eigenvalue weighted by molar-refractivity contribution is 7.99. The van der Waals surface area contributed by atoms with Gasteiger partial charge in [-0.25, -0.2) is 4.98 Å². The number of pyridine rings is 1. The van der Waals surface area contributed by atoms with E-state index in [-0.39, 0.29) is 0 Å². The molecule has 1 aliphatic heterocycles. The van der Waals surface area contributed by atoms with Gasteiger partial charge in [-0.1, -0.05) is 25.4 Å². The molecule has 0 aromatic carbocycles. The lowest BCUT2D eigenvalue weighted by Crippen LogP contribution is -2.36. The highest BCUT2D eigenvalue weighted by Gasteiger charge is 2.18. The molecule has 1 atom stereocenters. The first kappa shape index (κ1) is 14.9. The topological polar surface area (TPSA) is 28.2 Å². The third kappa shape index (κ3) is 4.55. The molecule has 0 aliphatic carbocycles. The standard InChI is InChI=1S/C14H22ClN3S/c1-3-6-16-14-5-4-12(15)13(17-14)10-18-7-8-19-11(2)9-18/h4-5,11H,3,6-10H2,1-2H3,(H,16,17). The van der Waals surface area contributed by atoms with Crippen LogP contribution in [0.3, 0.4) is 0 Å². The Kier molecular flexibility index (Phi) is 5.79. The van der Waals surface area contributed by atoms with Crippen molar-refractivity contribution in [1.82, 2.24) is 9.88 Å². The molecule has 2 heterocycles. The predicted molar refractivity (Wildman–Crippen MR) is 85.2 cm³/mol. The predicted octanol–water partition coefficient (Wildman–Crippen LogP) is 3.49. The molecule has 5 heteroatoms. The lowest BCUT2D eigenvalue weighted by molar-refractivity contribution is 0.275. The Morgan fingerprint density at radius 1 is 1.53 bits per heavy atom. The van der Waals surface area contributed by atoms with E-state index in [1.54, 1.807) is 0 Å². The maximum absolute atomic E-state index is 6.26. The van der Waals surface area contributed by atoms with E-state index in [4.69, 9.17) is 11.6 Å². The number of thioether (sulfide) groups is 1. The Morgan fingerprint density at radius 3 is 3.11 bits per heavy atom. The third-order valence-corrected chi connectivity index (χ3v) is 4.65. The average Bonchev–Trinajstić information content (AvgIpc) is 2.40. The van der Waals surface area contributed by atoms with E-state index in [2.05, 4.69) is 29.0 Å². The number of halogens is 1. The van der Waals surface area contributed by atoms with Crippen LogP contribution in [0.4, 0.5) is 5.82 Å². The number of anilines is 1. The molecule has 3 nitrogen and oxygen atoms in total. The fourth-order valence-corrected chi connectivity index (χ4v) is 3.44. The summed E-state index contributed by atoms with van der Waals surface area (Å²) in [5.41, 5.74) is 0.988. The minimum Gasteiger partial charge on any atom is -0.370 e. The van der Waals surface area contributed by atoms with Gasteiger partial charge in [-0.3, -0.25) is 4.90 Å². The first-order chi connectivity index (χ1) is 9.19. The zero-order valence-corrected chi connectivity index (χ0v) is 13.2. The third-order valence-electron chi connectivity index (χ3n) is 3.17. The van der Waals surface area contributed by atoms with Gasteiger partial charge in [0.1, 0.15) is 5.82 Å².